The summed E-state index contributed by atoms with van der Waals surface area (Å²) in [7, 11) is 1.87. The minimum atomic E-state index is 0.540. The van der Waals surface area contributed by atoms with Crippen LogP contribution in [0.15, 0.2) is 24.3 Å². The molecule has 100 valence electrons. The molecule has 1 aromatic carbocycles. The molecule has 19 heavy (non-hydrogen) atoms. The summed E-state index contributed by atoms with van der Waals surface area (Å²) in [6, 6.07) is 8.47. The molecule has 3 N–H and O–H groups in total. The summed E-state index contributed by atoms with van der Waals surface area (Å²) < 4.78 is 0. The molecular weight excluding hydrogens is 238 g/mol. The van der Waals surface area contributed by atoms with Crippen LogP contribution in [0.5, 0.6) is 0 Å². The van der Waals surface area contributed by atoms with Crippen LogP contribution in [0.25, 0.3) is 11.0 Å². The second-order valence-corrected chi connectivity index (χ2v) is 4.83. The van der Waals surface area contributed by atoms with E-state index in [4.69, 9.17) is 0 Å². The SMILES string of the molecule is CNc1nc2ccccc2nc1NC[C@@H]1CCCN1. The summed E-state index contributed by atoms with van der Waals surface area (Å²) in [5.41, 5.74) is 1.83. The van der Waals surface area contributed by atoms with E-state index in [9.17, 15) is 0 Å². The minimum Gasteiger partial charge on any atom is -0.370 e. The van der Waals surface area contributed by atoms with Crippen LogP contribution in [-0.2, 0) is 0 Å². The maximum absolute atomic E-state index is 4.64. The van der Waals surface area contributed by atoms with Crippen molar-refractivity contribution < 1.29 is 0 Å². The van der Waals surface area contributed by atoms with Crippen molar-refractivity contribution in [3.05, 3.63) is 24.3 Å². The van der Waals surface area contributed by atoms with E-state index in [1.807, 2.05) is 31.3 Å². The highest BCUT2D eigenvalue weighted by atomic mass is 15.1. The second-order valence-electron chi connectivity index (χ2n) is 4.83. The maximum atomic E-state index is 4.64. The first-order valence-electron chi connectivity index (χ1n) is 6.78. The van der Waals surface area contributed by atoms with Gasteiger partial charge < -0.3 is 16.0 Å². The zero-order valence-corrected chi connectivity index (χ0v) is 11.1. The first kappa shape index (κ1) is 12.2. The van der Waals surface area contributed by atoms with Gasteiger partial charge in [-0.15, -0.1) is 0 Å². The smallest absolute Gasteiger partial charge is 0.169 e. The van der Waals surface area contributed by atoms with Crippen LogP contribution in [0.2, 0.25) is 0 Å². The molecule has 0 bridgehead atoms. The summed E-state index contributed by atoms with van der Waals surface area (Å²) >= 11 is 0. The maximum Gasteiger partial charge on any atom is 0.169 e. The van der Waals surface area contributed by atoms with Gasteiger partial charge in [-0.25, -0.2) is 9.97 Å². The fourth-order valence-corrected chi connectivity index (χ4v) is 2.45. The Morgan fingerprint density at radius 3 is 2.58 bits per heavy atom. The summed E-state index contributed by atoms with van der Waals surface area (Å²) in [5.74, 6) is 1.63. The van der Waals surface area contributed by atoms with Gasteiger partial charge in [-0.1, -0.05) is 12.1 Å². The van der Waals surface area contributed by atoms with Gasteiger partial charge in [-0.05, 0) is 31.5 Å². The average Bonchev–Trinajstić information content (AvgIpc) is 2.97. The molecule has 2 heterocycles. The zero-order valence-electron chi connectivity index (χ0n) is 11.1. The molecule has 0 saturated carbocycles. The highest BCUT2D eigenvalue weighted by Gasteiger charge is 2.15. The fraction of sp³-hybridized carbons (Fsp3) is 0.429. The Balaban J connectivity index is 1.83. The summed E-state index contributed by atoms with van der Waals surface area (Å²) in [6.45, 7) is 2.01. The number of anilines is 2. The Bertz CT molecular complexity index is 563. The zero-order chi connectivity index (χ0) is 13.1. The van der Waals surface area contributed by atoms with Gasteiger partial charge in [0.25, 0.3) is 0 Å². The van der Waals surface area contributed by atoms with Crippen LogP contribution in [0.4, 0.5) is 11.6 Å². The first-order chi connectivity index (χ1) is 9.36. The third kappa shape index (κ3) is 2.61. The molecule has 3 rings (SSSR count). The van der Waals surface area contributed by atoms with Gasteiger partial charge in [0.05, 0.1) is 11.0 Å². The standard InChI is InChI=1S/C14H19N5/c1-15-13-14(17-9-10-5-4-8-16-10)19-12-7-3-2-6-11(12)18-13/h2-3,6-7,10,16H,4-5,8-9H2,1H3,(H,15,18)(H,17,19)/t10-/m0/s1. The monoisotopic (exact) mass is 257 g/mol. The summed E-state index contributed by atoms with van der Waals surface area (Å²) in [5, 5.41) is 9.98. The molecule has 5 heteroatoms. The van der Waals surface area contributed by atoms with Crippen molar-refractivity contribution in [2.75, 3.05) is 30.8 Å². The van der Waals surface area contributed by atoms with E-state index >= 15 is 0 Å². The number of aromatic nitrogens is 2. The van der Waals surface area contributed by atoms with Gasteiger partial charge in [0.1, 0.15) is 0 Å². The van der Waals surface area contributed by atoms with Crippen LogP contribution < -0.4 is 16.0 Å². The van der Waals surface area contributed by atoms with Crippen LogP contribution >= 0.6 is 0 Å². The van der Waals surface area contributed by atoms with E-state index in [0.717, 1.165) is 35.8 Å². The van der Waals surface area contributed by atoms with E-state index in [1.54, 1.807) is 0 Å². The number of benzene rings is 1. The van der Waals surface area contributed by atoms with Crippen molar-refractivity contribution in [3.8, 4) is 0 Å². The Hall–Kier alpha value is -1.88. The van der Waals surface area contributed by atoms with Crippen molar-refractivity contribution in [2.45, 2.75) is 18.9 Å². The Kier molecular flexibility index (Phi) is 3.46. The minimum absolute atomic E-state index is 0.540. The third-order valence-electron chi connectivity index (χ3n) is 3.49. The van der Waals surface area contributed by atoms with Gasteiger partial charge >= 0.3 is 0 Å². The van der Waals surface area contributed by atoms with Crippen molar-refractivity contribution in [1.82, 2.24) is 15.3 Å². The summed E-state index contributed by atoms with van der Waals surface area (Å²) in [4.78, 5) is 9.23. The van der Waals surface area contributed by atoms with Crippen molar-refractivity contribution >= 4 is 22.7 Å². The van der Waals surface area contributed by atoms with Gasteiger partial charge in [-0.3, -0.25) is 0 Å². The number of nitrogens with one attached hydrogen (secondary N) is 3. The predicted molar refractivity (Wildman–Crippen MR) is 78.6 cm³/mol. The Labute approximate surface area is 112 Å². The van der Waals surface area contributed by atoms with Gasteiger partial charge in [0.15, 0.2) is 11.6 Å². The number of hydrogen-bond donors (Lipinski definition) is 3. The second kappa shape index (κ2) is 5.40. The molecule has 0 aliphatic carbocycles. The van der Waals surface area contributed by atoms with E-state index in [1.165, 1.54) is 12.8 Å². The van der Waals surface area contributed by atoms with Crippen LogP contribution in [0.1, 0.15) is 12.8 Å². The molecule has 2 aromatic rings. The molecule has 1 saturated heterocycles. The number of rotatable bonds is 4. The topological polar surface area (TPSA) is 61.9 Å². The van der Waals surface area contributed by atoms with Crippen LogP contribution in [0, 0.1) is 0 Å². The Morgan fingerprint density at radius 2 is 1.95 bits per heavy atom. The van der Waals surface area contributed by atoms with E-state index in [0.29, 0.717) is 6.04 Å². The van der Waals surface area contributed by atoms with Gasteiger partial charge in [0, 0.05) is 19.6 Å². The van der Waals surface area contributed by atoms with E-state index < -0.39 is 0 Å². The molecule has 0 amide bonds. The number of hydrogen-bond acceptors (Lipinski definition) is 5. The van der Waals surface area contributed by atoms with E-state index in [2.05, 4.69) is 25.9 Å². The number of fused-ring (bicyclic) bond motifs is 1. The normalized spacial score (nSPS) is 18.7. The molecule has 1 aliphatic heterocycles. The fourth-order valence-electron chi connectivity index (χ4n) is 2.45. The predicted octanol–water partition coefficient (Wildman–Crippen LogP) is 1.84. The molecule has 1 fully saturated rings. The molecule has 0 radical (unpaired) electrons. The molecular formula is C14H19N5. The van der Waals surface area contributed by atoms with Crippen molar-refractivity contribution in [3.63, 3.8) is 0 Å². The van der Waals surface area contributed by atoms with E-state index in [-0.39, 0.29) is 0 Å². The van der Waals surface area contributed by atoms with Gasteiger partial charge in [-0.2, -0.15) is 0 Å². The lowest BCUT2D eigenvalue weighted by molar-refractivity contribution is 0.632. The lowest BCUT2D eigenvalue weighted by atomic mass is 10.2. The van der Waals surface area contributed by atoms with Gasteiger partial charge in [0.2, 0.25) is 0 Å². The third-order valence-corrected chi connectivity index (χ3v) is 3.49. The summed E-state index contributed by atoms with van der Waals surface area (Å²) in [6.07, 6.45) is 2.48. The lowest BCUT2D eigenvalue weighted by Gasteiger charge is -2.14. The largest absolute Gasteiger partial charge is 0.370 e. The highest BCUT2D eigenvalue weighted by molar-refractivity contribution is 5.80. The molecule has 1 atom stereocenters. The first-order valence-corrected chi connectivity index (χ1v) is 6.78. The van der Waals surface area contributed by atoms with Crippen molar-refractivity contribution in [1.29, 1.82) is 0 Å². The number of para-hydroxylation sites is 2. The molecule has 0 unspecified atom stereocenters. The van der Waals surface area contributed by atoms with Crippen molar-refractivity contribution in [2.24, 2.45) is 0 Å². The molecule has 1 aliphatic rings. The molecule has 5 nitrogen and oxygen atoms in total. The highest BCUT2D eigenvalue weighted by Crippen LogP contribution is 2.21. The number of nitrogens with zero attached hydrogens (tertiary/aromatic N) is 2. The Morgan fingerprint density at radius 1 is 1.21 bits per heavy atom. The average molecular weight is 257 g/mol. The quantitative estimate of drug-likeness (QED) is 0.780. The lowest BCUT2D eigenvalue weighted by Crippen LogP contribution is -2.29. The molecule has 1 aromatic heterocycles. The van der Waals surface area contributed by atoms with Crippen LogP contribution in [-0.4, -0.2) is 36.1 Å². The van der Waals surface area contributed by atoms with Crippen LogP contribution in [0.3, 0.4) is 0 Å². The molecule has 0 spiro atoms.